The molecular formula is C48H78Cl3N9SiTi. The van der Waals surface area contributed by atoms with Crippen molar-refractivity contribution in [2.45, 2.75) is 48.5 Å². The molecule has 0 spiro atoms. The van der Waals surface area contributed by atoms with Crippen LogP contribution in [0.1, 0.15) is 38.9 Å². The van der Waals surface area contributed by atoms with Crippen molar-refractivity contribution in [3.05, 3.63) is 57.1 Å². The number of hydrogen-bond acceptors (Lipinski definition) is 9. The first-order chi connectivity index (χ1) is 26.7. The van der Waals surface area contributed by atoms with Crippen LogP contribution >= 0.6 is 0 Å². The van der Waals surface area contributed by atoms with Gasteiger partial charge in [0.2, 0.25) is 0 Å². The second-order valence-corrected chi connectivity index (χ2v) is 22.0. The van der Waals surface area contributed by atoms with Crippen LogP contribution in [0.4, 0.5) is 51.2 Å². The molecule has 0 saturated carbocycles. The summed E-state index contributed by atoms with van der Waals surface area (Å²) in [5, 5.41) is 5.80. The van der Waals surface area contributed by atoms with E-state index in [1.807, 2.05) is 0 Å². The second-order valence-electron chi connectivity index (χ2n) is 18.5. The largest absolute Gasteiger partial charge is 4.00 e. The van der Waals surface area contributed by atoms with E-state index >= 15 is 0 Å². The van der Waals surface area contributed by atoms with Gasteiger partial charge in [0.05, 0.1) is 51.2 Å². The molecule has 0 aliphatic heterocycles. The topological polar surface area (TPSA) is 29.2 Å². The molecular weight excluding hydrogens is 885 g/mol. The van der Waals surface area contributed by atoms with E-state index in [-0.39, 0.29) is 58.9 Å². The predicted molar refractivity (Wildman–Crippen MR) is 268 cm³/mol. The van der Waals surface area contributed by atoms with Gasteiger partial charge in [0, 0.05) is 127 Å². The normalized spacial score (nSPS) is 10.8. The first-order valence-corrected chi connectivity index (χ1v) is 22.5. The molecule has 0 radical (unpaired) electrons. The Hall–Kier alpha value is -2.99. The minimum Gasteiger partial charge on any atom is -1.00 e. The molecule has 0 atom stereocenters. The number of halogens is 3. The van der Waals surface area contributed by atoms with Crippen molar-refractivity contribution < 1.29 is 58.9 Å². The quantitative estimate of drug-likeness (QED) is 0.0773. The molecule has 0 N–H and O–H groups in total. The SMILES string of the molecule is Cc1cc(N(C)C)c(N(C)C)c(N(C)C)c1[Si](c1c(C)cc(N(C)C)c(N(C)C)c1N(C)C)(c1c(C)cc(N(C)C)c(N(C)C)c1N(C)C)c1c(C)c(C)c(C)[c-]1C.[Cl-].[Cl-].[Cl-].[Ti+4]. The molecule has 4 rings (SSSR count). The Morgan fingerprint density at radius 3 is 0.742 bits per heavy atom. The Morgan fingerprint density at radius 2 is 0.581 bits per heavy atom. The van der Waals surface area contributed by atoms with Crippen LogP contribution < -0.4 is 102 Å². The van der Waals surface area contributed by atoms with Crippen LogP contribution in [0.25, 0.3) is 0 Å². The van der Waals surface area contributed by atoms with E-state index in [1.165, 1.54) is 111 Å². The van der Waals surface area contributed by atoms with E-state index in [2.05, 4.69) is 238 Å². The maximum Gasteiger partial charge on any atom is 4.00 e. The maximum atomic E-state index is 2.48. The minimum absolute atomic E-state index is 0. The smallest absolute Gasteiger partial charge is 1.00 e. The van der Waals surface area contributed by atoms with Crippen LogP contribution in [-0.4, -0.2) is 135 Å². The zero-order chi connectivity index (χ0) is 44.4. The van der Waals surface area contributed by atoms with Crippen LogP contribution in [0.5, 0.6) is 0 Å². The average Bonchev–Trinajstić information content (AvgIpc) is 3.29. The van der Waals surface area contributed by atoms with Gasteiger partial charge in [0.15, 0.2) is 8.07 Å². The van der Waals surface area contributed by atoms with Crippen molar-refractivity contribution in [1.29, 1.82) is 0 Å². The number of nitrogens with zero attached hydrogens (tertiary/aromatic N) is 9. The molecule has 62 heavy (non-hydrogen) atoms. The molecule has 4 aromatic rings. The van der Waals surface area contributed by atoms with Crippen molar-refractivity contribution in [3.63, 3.8) is 0 Å². The number of benzene rings is 3. The summed E-state index contributed by atoms with van der Waals surface area (Å²) in [6.45, 7) is 16.7. The molecule has 0 saturated heterocycles. The van der Waals surface area contributed by atoms with Gasteiger partial charge in [-0.2, -0.15) is 27.4 Å². The van der Waals surface area contributed by atoms with Crippen LogP contribution in [0, 0.1) is 48.5 Å². The van der Waals surface area contributed by atoms with E-state index in [4.69, 9.17) is 0 Å². The summed E-state index contributed by atoms with van der Waals surface area (Å²) < 4.78 is 0. The van der Waals surface area contributed by atoms with E-state index < -0.39 is 8.07 Å². The van der Waals surface area contributed by atoms with Gasteiger partial charge in [-0.3, -0.25) is 0 Å². The molecule has 0 aromatic heterocycles. The van der Waals surface area contributed by atoms with Gasteiger partial charge in [-0.1, -0.05) is 27.7 Å². The van der Waals surface area contributed by atoms with E-state index in [1.54, 1.807) is 0 Å². The van der Waals surface area contributed by atoms with Gasteiger partial charge in [-0.25, -0.2) is 0 Å². The fourth-order valence-electron chi connectivity index (χ4n) is 9.92. The van der Waals surface area contributed by atoms with Crippen LogP contribution in [-0.2, 0) is 21.7 Å². The Bertz CT molecular complexity index is 1970. The number of anilines is 9. The number of hydrogen-bond donors (Lipinski definition) is 0. The Labute approximate surface area is 412 Å². The monoisotopic (exact) mass is 961 g/mol. The molecule has 0 aliphatic carbocycles. The summed E-state index contributed by atoms with van der Waals surface area (Å²) in [6, 6.07) is 7.43. The molecule has 0 fully saturated rings. The molecule has 9 nitrogen and oxygen atoms in total. The standard InChI is InChI=1S/C48H78N9Si.3ClH.Ti/c1-29-26-36(49(8)9)39(52(14)15)42(55(20)21)45(29)58(48-34(6)32(4)33(5)35(48)7,46-30(2)27-37(50(10)11)40(53(16)17)43(46)56(22)23)47-31(3)28-38(51(12)13)41(54(18)19)44(47)57(24)25;;;;/h26-28H,1-25H3;3*1H;/q-1;;;;+4/p-3. The van der Waals surface area contributed by atoms with Gasteiger partial charge < -0.3 is 81.3 Å². The number of aryl methyl sites for hydroxylation is 3. The molecule has 344 valence electrons. The molecule has 4 aromatic carbocycles. The second kappa shape index (κ2) is 21.8. The average molecular weight is 964 g/mol. The molecule has 0 unspecified atom stereocenters. The van der Waals surface area contributed by atoms with Gasteiger partial charge in [-0.05, 0) is 71.2 Å². The Kier molecular flexibility index (Phi) is 20.7. The minimum atomic E-state index is -3.52. The molecule has 14 heteroatoms. The predicted octanol–water partition coefficient (Wildman–Crippen LogP) is -3.45. The van der Waals surface area contributed by atoms with Crippen LogP contribution in [0.3, 0.4) is 0 Å². The first kappa shape index (κ1) is 59.0. The molecule has 0 heterocycles. The van der Waals surface area contributed by atoms with E-state index in [9.17, 15) is 0 Å². The maximum absolute atomic E-state index is 3.52. The Morgan fingerprint density at radius 1 is 0.355 bits per heavy atom. The zero-order valence-electron chi connectivity index (χ0n) is 42.9. The summed E-state index contributed by atoms with van der Waals surface area (Å²) in [5.74, 6) is 0. The molecule has 0 amide bonds. The van der Waals surface area contributed by atoms with Crippen molar-refractivity contribution in [3.8, 4) is 0 Å². The van der Waals surface area contributed by atoms with Gasteiger partial charge in [0.1, 0.15) is 0 Å². The van der Waals surface area contributed by atoms with Gasteiger partial charge >= 0.3 is 21.7 Å². The van der Waals surface area contributed by atoms with E-state index in [0.29, 0.717) is 0 Å². The van der Waals surface area contributed by atoms with Crippen molar-refractivity contribution in [1.82, 2.24) is 0 Å². The Balaban J connectivity index is 0.00000930. The summed E-state index contributed by atoms with van der Waals surface area (Å²) in [6.07, 6.45) is 0. The van der Waals surface area contributed by atoms with Crippen molar-refractivity contribution >= 4 is 80.0 Å². The van der Waals surface area contributed by atoms with Crippen LogP contribution in [0.2, 0.25) is 0 Å². The fraction of sp³-hybridized carbons (Fsp3) is 0.521. The van der Waals surface area contributed by atoms with Gasteiger partial charge in [-0.15, -0.1) is 0 Å². The van der Waals surface area contributed by atoms with Crippen molar-refractivity contribution in [2.24, 2.45) is 0 Å². The first-order valence-electron chi connectivity index (χ1n) is 20.5. The fourth-order valence-corrected chi connectivity index (χ4v) is 17.0. The third-order valence-electron chi connectivity index (χ3n) is 12.4. The van der Waals surface area contributed by atoms with Crippen molar-refractivity contribution in [2.75, 3.05) is 171 Å². The number of rotatable bonds is 13. The molecule has 0 bridgehead atoms. The summed E-state index contributed by atoms with van der Waals surface area (Å²) in [4.78, 5) is 21.1. The summed E-state index contributed by atoms with van der Waals surface area (Å²) in [5.41, 5.74) is 20.6. The third kappa shape index (κ3) is 9.53. The van der Waals surface area contributed by atoms with Gasteiger partial charge in [0.25, 0.3) is 0 Å². The summed E-state index contributed by atoms with van der Waals surface area (Å²) >= 11 is 0. The summed E-state index contributed by atoms with van der Waals surface area (Å²) in [7, 11) is 36.4. The zero-order valence-corrected chi connectivity index (χ0v) is 47.7. The third-order valence-corrected chi connectivity index (χ3v) is 18.1. The van der Waals surface area contributed by atoms with Crippen LogP contribution in [0.15, 0.2) is 18.2 Å². The van der Waals surface area contributed by atoms with E-state index in [0.717, 1.165) is 0 Å². The molecule has 0 aliphatic rings.